The van der Waals surface area contributed by atoms with Gasteiger partial charge in [-0.05, 0) is 32.1 Å². The number of carbonyl (C=O) groups is 2. The van der Waals surface area contributed by atoms with Crippen LogP contribution in [0.2, 0.25) is 0 Å². The Morgan fingerprint density at radius 3 is 1.35 bits per heavy atom. The second-order valence-corrected chi connectivity index (χ2v) is 11.1. The van der Waals surface area contributed by atoms with Gasteiger partial charge < -0.3 is 9.47 Å². The molecule has 0 fully saturated rings. The van der Waals surface area contributed by atoms with Crippen LogP contribution >= 0.6 is 0 Å². The first-order valence-electron chi connectivity index (χ1n) is 16.5. The third-order valence-corrected chi connectivity index (χ3v) is 7.51. The van der Waals surface area contributed by atoms with E-state index in [0.29, 0.717) is 19.6 Å². The van der Waals surface area contributed by atoms with Gasteiger partial charge in [0.2, 0.25) is 0 Å². The van der Waals surface area contributed by atoms with Crippen LogP contribution in [0.1, 0.15) is 181 Å². The Hall–Kier alpha value is -1.06. The molecule has 4 nitrogen and oxygen atoms in total. The van der Waals surface area contributed by atoms with Gasteiger partial charge in [0.05, 0.1) is 19.1 Å². The second-order valence-electron chi connectivity index (χ2n) is 11.1. The molecule has 0 saturated heterocycles. The highest BCUT2D eigenvalue weighted by Gasteiger charge is 2.17. The fraction of sp³-hybridized carbons (Fsp3) is 0.939. The van der Waals surface area contributed by atoms with E-state index in [9.17, 15) is 9.59 Å². The molecule has 0 bridgehead atoms. The largest absolute Gasteiger partial charge is 0.466 e. The molecule has 0 N–H and O–H groups in total. The minimum Gasteiger partial charge on any atom is -0.466 e. The van der Waals surface area contributed by atoms with Gasteiger partial charge in [0.25, 0.3) is 0 Å². The molecule has 0 heterocycles. The van der Waals surface area contributed by atoms with E-state index in [1.54, 1.807) is 0 Å². The highest BCUT2D eigenvalue weighted by molar-refractivity contribution is 5.72. The van der Waals surface area contributed by atoms with E-state index in [-0.39, 0.29) is 17.9 Å². The van der Waals surface area contributed by atoms with Gasteiger partial charge >= 0.3 is 11.9 Å². The van der Waals surface area contributed by atoms with Crippen LogP contribution in [0.4, 0.5) is 0 Å². The van der Waals surface area contributed by atoms with Gasteiger partial charge in [-0.1, -0.05) is 143 Å². The predicted molar refractivity (Wildman–Crippen MR) is 158 cm³/mol. The Morgan fingerprint density at radius 2 is 0.892 bits per heavy atom. The Bertz CT molecular complexity index is 491. The van der Waals surface area contributed by atoms with Crippen LogP contribution in [-0.2, 0) is 19.1 Å². The van der Waals surface area contributed by atoms with Gasteiger partial charge in [0.1, 0.15) is 0 Å². The zero-order valence-electron chi connectivity index (χ0n) is 25.3. The molecule has 4 heteroatoms. The molecule has 0 aromatic carbocycles. The lowest BCUT2D eigenvalue weighted by Gasteiger charge is -2.14. The van der Waals surface area contributed by atoms with Crippen molar-refractivity contribution in [3.63, 3.8) is 0 Å². The van der Waals surface area contributed by atoms with Crippen LogP contribution in [0.25, 0.3) is 0 Å². The first-order chi connectivity index (χ1) is 18.2. The van der Waals surface area contributed by atoms with Crippen molar-refractivity contribution in [3.05, 3.63) is 0 Å². The van der Waals surface area contributed by atoms with Crippen molar-refractivity contribution in [1.82, 2.24) is 0 Å². The van der Waals surface area contributed by atoms with Crippen molar-refractivity contribution in [1.29, 1.82) is 0 Å². The molecule has 0 spiro atoms. The predicted octanol–water partition coefficient (Wildman–Crippen LogP) is 10.5. The van der Waals surface area contributed by atoms with Crippen molar-refractivity contribution in [3.8, 4) is 0 Å². The molecule has 0 aromatic rings. The first-order valence-corrected chi connectivity index (χ1v) is 16.5. The molecular formula is C33H64O4. The van der Waals surface area contributed by atoms with Crippen LogP contribution < -0.4 is 0 Å². The Labute approximate surface area is 231 Å². The molecule has 0 aromatic heterocycles. The summed E-state index contributed by atoms with van der Waals surface area (Å²) in [6.45, 7) is 7.71. The maximum Gasteiger partial charge on any atom is 0.308 e. The van der Waals surface area contributed by atoms with Gasteiger partial charge in [-0.15, -0.1) is 0 Å². The normalized spacial score (nSPS) is 12.0. The van der Waals surface area contributed by atoms with Gasteiger partial charge in [-0.2, -0.15) is 0 Å². The lowest BCUT2D eigenvalue weighted by atomic mass is 9.97. The van der Waals surface area contributed by atoms with E-state index in [1.807, 2.05) is 0 Å². The molecule has 0 aliphatic rings. The summed E-state index contributed by atoms with van der Waals surface area (Å²) in [5, 5.41) is 0. The number of carbonyl (C=O) groups excluding carboxylic acids is 2. The Morgan fingerprint density at radius 1 is 0.486 bits per heavy atom. The molecule has 37 heavy (non-hydrogen) atoms. The highest BCUT2D eigenvalue weighted by atomic mass is 16.5. The number of rotatable bonds is 29. The zero-order valence-corrected chi connectivity index (χ0v) is 25.3. The average Bonchev–Trinajstić information content (AvgIpc) is 2.90. The molecule has 0 radical (unpaired) electrons. The van der Waals surface area contributed by atoms with Crippen LogP contribution in [0.5, 0.6) is 0 Å². The molecule has 0 aliphatic heterocycles. The van der Waals surface area contributed by atoms with E-state index in [1.165, 1.54) is 109 Å². The van der Waals surface area contributed by atoms with E-state index in [4.69, 9.17) is 9.47 Å². The summed E-state index contributed by atoms with van der Waals surface area (Å²) in [6, 6.07) is 0. The van der Waals surface area contributed by atoms with Crippen LogP contribution in [0, 0.1) is 5.92 Å². The van der Waals surface area contributed by atoms with E-state index in [2.05, 4.69) is 20.8 Å². The fourth-order valence-corrected chi connectivity index (χ4v) is 4.88. The Balaban J connectivity index is 3.35. The first kappa shape index (κ1) is 35.9. The summed E-state index contributed by atoms with van der Waals surface area (Å²) in [6.07, 6.45) is 29.6. The molecule has 0 aliphatic carbocycles. The van der Waals surface area contributed by atoms with E-state index >= 15 is 0 Å². The molecule has 220 valence electrons. The molecule has 0 rings (SSSR count). The number of hydrogen-bond donors (Lipinski definition) is 0. The second kappa shape index (κ2) is 29.5. The van der Waals surface area contributed by atoms with Crippen LogP contribution in [0.3, 0.4) is 0 Å². The number of esters is 2. The monoisotopic (exact) mass is 524 g/mol. The smallest absolute Gasteiger partial charge is 0.308 e. The minimum atomic E-state index is -0.00477. The number of hydrogen-bond acceptors (Lipinski definition) is 4. The van der Waals surface area contributed by atoms with E-state index < -0.39 is 0 Å². The van der Waals surface area contributed by atoms with Crippen LogP contribution in [-0.4, -0.2) is 25.2 Å². The third kappa shape index (κ3) is 26.3. The summed E-state index contributed by atoms with van der Waals surface area (Å²) < 4.78 is 10.8. The molecule has 0 saturated carbocycles. The van der Waals surface area contributed by atoms with Crippen molar-refractivity contribution >= 4 is 11.9 Å². The average molecular weight is 525 g/mol. The highest BCUT2D eigenvalue weighted by Crippen LogP contribution is 2.18. The SMILES string of the molecule is CCCCCCOC(=O)CCCCCCCCCCCCCCCCC(CC)C(=O)OCCCCCC. The van der Waals surface area contributed by atoms with Gasteiger partial charge in [-0.25, -0.2) is 0 Å². The summed E-state index contributed by atoms with van der Waals surface area (Å²) >= 11 is 0. The quantitative estimate of drug-likeness (QED) is 0.0721. The Kier molecular flexibility index (Phi) is 28.7. The number of unbranched alkanes of at least 4 members (excludes halogenated alkanes) is 19. The number of ether oxygens (including phenoxy) is 2. The van der Waals surface area contributed by atoms with Crippen molar-refractivity contribution in [2.24, 2.45) is 5.92 Å². The lowest BCUT2D eigenvalue weighted by Crippen LogP contribution is -2.17. The topological polar surface area (TPSA) is 52.6 Å². The van der Waals surface area contributed by atoms with Gasteiger partial charge in [-0.3, -0.25) is 9.59 Å². The summed E-state index contributed by atoms with van der Waals surface area (Å²) in [7, 11) is 0. The fourth-order valence-electron chi connectivity index (χ4n) is 4.88. The van der Waals surface area contributed by atoms with Crippen molar-refractivity contribution in [2.45, 2.75) is 181 Å². The maximum absolute atomic E-state index is 12.2. The summed E-state index contributed by atoms with van der Waals surface area (Å²) in [4.78, 5) is 23.9. The van der Waals surface area contributed by atoms with Crippen molar-refractivity contribution in [2.75, 3.05) is 13.2 Å². The maximum atomic E-state index is 12.2. The molecule has 1 atom stereocenters. The standard InChI is InChI=1S/C33H64O4/c1-4-7-9-25-29-36-32(34)28-24-22-20-18-16-14-12-11-13-15-17-19-21-23-27-31(6-3)33(35)37-30-26-10-8-5-2/h31H,4-30H2,1-3H3. The third-order valence-electron chi connectivity index (χ3n) is 7.51. The van der Waals surface area contributed by atoms with Gasteiger partial charge in [0.15, 0.2) is 0 Å². The van der Waals surface area contributed by atoms with E-state index in [0.717, 1.165) is 44.9 Å². The minimum absolute atomic E-state index is 0.00477. The summed E-state index contributed by atoms with van der Waals surface area (Å²) in [5.74, 6) is 0.134. The molecular weight excluding hydrogens is 460 g/mol. The summed E-state index contributed by atoms with van der Waals surface area (Å²) in [5.41, 5.74) is 0. The lowest BCUT2D eigenvalue weighted by molar-refractivity contribution is -0.149. The molecule has 0 amide bonds. The van der Waals surface area contributed by atoms with Gasteiger partial charge in [0, 0.05) is 6.42 Å². The van der Waals surface area contributed by atoms with Crippen LogP contribution in [0.15, 0.2) is 0 Å². The zero-order chi connectivity index (χ0) is 27.2. The van der Waals surface area contributed by atoms with Crippen molar-refractivity contribution < 1.29 is 19.1 Å². The molecule has 1 unspecified atom stereocenters.